The van der Waals surface area contributed by atoms with Gasteiger partial charge >= 0.3 is 6.03 Å². The van der Waals surface area contributed by atoms with Crippen molar-refractivity contribution in [3.05, 3.63) is 70.0 Å². The maximum atomic E-state index is 13.9. The van der Waals surface area contributed by atoms with E-state index in [2.05, 4.69) is 5.32 Å². The Morgan fingerprint density at radius 3 is 2.77 bits per heavy atom. The molecule has 2 fully saturated rings. The van der Waals surface area contributed by atoms with Crippen LogP contribution in [0.2, 0.25) is 5.02 Å². The van der Waals surface area contributed by atoms with E-state index in [0.717, 1.165) is 10.5 Å². The van der Waals surface area contributed by atoms with Crippen LogP contribution in [0.25, 0.3) is 0 Å². The highest BCUT2D eigenvalue weighted by Crippen LogP contribution is 2.30. The number of piperidine rings is 1. The molecule has 30 heavy (non-hydrogen) atoms. The summed E-state index contributed by atoms with van der Waals surface area (Å²) in [7, 11) is 0. The summed E-state index contributed by atoms with van der Waals surface area (Å²) < 4.78 is 13.9. The SMILES string of the molecule is Cc1ccc(C(=O)N2CCC[C@]3(C2)NC(=O)N(Cc2cccc(Cl)c2)C3=O)cc1F. The van der Waals surface area contributed by atoms with Crippen LogP contribution < -0.4 is 5.32 Å². The van der Waals surface area contributed by atoms with Gasteiger partial charge < -0.3 is 10.2 Å². The molecular weight excluding hydrogens is 409 g/mol. The van der Waals surface area contributed by atoms with Crippen molar-refractivity contribution >= 4 is 29.4 Å². The maximum Gasteiger partial charge on any atom is 0.325 e. The topological polar surface area (TPSA) is 69.7 Å². The highest BCUT2D eigenvalue weighted by molar-refractivity contribution is 6.30. The Hall–Kier alpha value is -2.93. The first-order valence-corrected chi connectivity index (χ1v) is 10.1. The largest absolute Gasteiger partial charge is 0.336 e. The van der Waals surface area contributed by atoms with Gasteiger partial charge in [-0.05, 0) is 55.2 Å². The average Bonchev–Trinajstić information content (AvgIpc) is 2.93. The predicted molar refractivity (Wildman–Crippen MR) is 110 cm³/mol. The van der Waals surface area contributed by atoms with Crippen molar-refractivity contribution in [2.24, 2.45) is 0 Å². The summed E-state index contributed by atoms with van der Waals surface area (Å²) >= 11 is 6.00. The van der Waals surface area contributed by atoms with Crippen molar-refractivity contribution in [3.63, 3.8) is 0 Å². The summed E-state index contributed by atoms with van der Waals surface area (Å²) in [5.41, 5.74) is 0.258. The van der Waals surface area contributed by atoms with Crippen LogP contribution in [-0.4, -0.2) is 46.3 Å². The summed E-state index contributed by atoms with van der Waals surface area (Å²) in [6.45, 7) is 2.22. The van der Waals surface area contributed by atoms with Gasteiger partial charge in [-0.3, -0.25) is 14.5 Å². The standard InChI is InChI=1S/C22H21ClFN3O3/c1-14-6-7-16(11-18(14)24)19(28)26-9-3-8-22(13-26)20(29)27(21(30)25-22)12-15-4-2-5-17(23)10-15/h2,4-7,10-11H,3,8-9,12-13H2,1H3,(H,25,30)/t22-/m1/s1. The number of nitrogens with one attached hydrogen (secondary N) is 1. The Morgan fingerprint density at radius 1 is 1.23 bits per heavy atom. The van der Waals surface area contributed by atoms with Gasteiger partial charge in [0.25, 0.3) is 11.8 Å². The van der Waals surface area contributed by atoms with Gasteiger partial charge in [-0.1, -0.05) is 29.8 Å². The molecule has 6 nitrogen and oxygen atoms in total. The van der Waals surface area contributed by atoms with Crippen LogP contribution in [0.1, 0.15) is 34.3 Å². The van der Waals surface area contributed by atoms with Crippen molar-refractivity contribution in [2.45, 2.75) is 31.8 Å². The average molecular weight is 430 g/mol. The molecule has 2 saturated heterocycles. The highest BCUT2D eigenvalue weighted by Gasteiger charge is 2.53. The first-order valence-electron chi connectivity index (χ1n) is 9.73. The number of aryl methyl sites for hydroxylation is 1. The van der Waals surface area contributed by atoms with Crippen LogP contribution in [-0.2, 0) is 11.3 Å². The number of hydrogen-bond donors (Lipinski definition) is 1. The molecule has 4 rings (SSSR count). The predicted octanol–water partition coefficient (Wildman–Crippen LogP) is 3.51. The number of hydrogen-bond acceptors (Lipinski definition) is 3. The number of likely N-dealkylation sites (tertiary alicyclic amines) is 1. The zero-order chi connectivity index (χ0) is 21.5. The molecule has 2 heterocycles. The number of urea groups is 1. The summed E-state index contributed by atoms with van der Waals surface area (Å²) in [6, 6.07) is 10.8. The Balaban J connectivity index is 1.54. The molecule has 1 atom stereocenters. The summed E-state index contributed by atoms with van der Waals surface area (Å²) in [5, 5.41) is 3.32. The molecule has 8 heteroatoms. The van der Waals surface area contributed by atoms with E-state index in [1.165, 1.54) is 11.0 Å². The summed E-state index contributed by atoms with van der Waals surface area (Å²) in [4.78, 5) is 41.4. The minimum atomic E-state index is -1.16. The molecule has 2 aromatic rings. The van der Waals surface area contributed by atoms with Crippen molar-refractivity contribution in [3.8, 4) is 0 Å². The number of benzene rings is 2. The van der Waals surface area contributed by atoms with Crippen molar-refractivity contribution in [1.29, 1.82) is 0 Å². The monoisotopic (exact) mass is 429 g/mol. The Kier molecular flexibility index (Phi) is 5.24. The van der Waals surface area contributed by atoms with E-state index in [-0.39, 0.29) is 30.5 Å². The molecule has 4 amide bonds. The number of carbonyl (C=O) groups excluding carboxylic acids is 3. The lowest BCUT2D eigenvalue weighted by molar-refractivity contribution is -0.133. The van der Waals surface area contributed by atoms with Crippen LogP contribution in [0, 0.1) is 12.7 Å². The van der Waals surface area contributed by atoms with E-state index in [4.69, 9.17) is 11.6 Å². The minimum Gasteiger partial charge on any atom is -0.336 e. The lowest BCUT2D eigenvalue weighted by Gasteiger charge is -2.38. The lowest BCUT2D eigenvalue weighted by atomic mass is 9.88. The highest BCUT2D eigenvalue weighted by atomic mass is 35.5. The van der Waals surface area contributed by atoms with E-state index in [1.807, 2.05) is 0 Å². The zero-order valence-electron chi connectivity index (χ0n) is 16.5. The van der Waals surface area contributed by atoms with Gasteiger partial charge in [0, 0.05) is 17.1 Å². The van der Waals surface area contributed by atoms with Gasteiger partial charge in [0.05, 0.1) is 13.1 Å². The first kappa shape index (κ1) is 20.3. The van der Waals surface area contributed by atoms with Crippen LogP contribution in [0.3, 0.4) is 0 Å². The second-order valence-electron chi connectivity index (χ2n) is 7.83. The number of rotatable bonds is 3. The van der Waals surface area contributed by atoms with E-state index < -0.39 is 17.4 Å². The number of halogens is 2. The third-order valence-electron chi connectivity index (χ3n) is 5.67. The fourth-order valence-corrected chi connectivity index (χ4v) is 4.26. The molecule has 156 valence electrons. The Morgan fingerprint density at radius 2 is 2.03 bits per heavy atom. The lowest BCUT2D eigenvalue weighted by Crippen LogP contribution is -2.59. The van der Waals surface area contributed by atoms with Crippen molar-refractivity contribution in [2.75, 3.05) is 13.1 Å². The van der Waals surface area contributed by atoms with E-state index in [0.29, 0.717) is 30.0 Å². The molecule has 0 aromatic heterocycles. The Labute approximate surface area is 178 Å². The fraction of sp³-hybridized carbons (Fsp3) is 0.318. The molecular formula is C22H21ClFN3O3. The zero-order valence-corrected chi connectivity index (χ0v) is 17.2. The summed E-state index contributed by atoms with van der Waals surface area (Å²) in [5.74, 6) is -1.17. The third-order valence-corrected chi connectivity index (χ3v) is 5.91. The van der Waals surface area contributed by atoms with Gasteiger partial charge in [-0.25, -0.2) is 9.18 Å². The summed E-state index contributed by atoms with van der Waals surface area (Å²) in [6.07, 6.45) is 0.993. The van der Waals surface area contributed by atoms with Crippen molar-refractivity contribution < 1.29 is 18.8 Å². The van der Waals surface area contributed by atoms with Crippen LogP contribution in [0.5, 0.6) is 0 Å². The minimum absolute atomic E-state index is 0.0535. The smallest absolute Gasteiger partial charge is 0.325 e. The van der Waals surface area contributed by atoms with E-state index in [9.17, 15) is 18.8 Å². The molecule has 2 aliphatic heterocycles. The fourth-order valence-electron chi connectivity index (χ4n) is 4.05. The van der Waals surface area contributed by atoms with Crippen molar-refractivity contribution in [1.82, 2.24) is 15.1 Å². The van der Waals surface area contributed by atoms with E-state index >= 15 is 0 Å². The second kappa shape index (κ2) is 7.72. The maximum absolute atomic E-state index is 13.9. The molecule has 2 aromatic carbocycles. The van der Waals surface area contributed by atoms with E-state index in [1.54, 1.807) is 43.3 Å². The number of nitrogens with zero attached hydrogens (tertiary/aromatic N) is 2. The molecule has 1 N–H and O–H groups in total. The van der Waals surface area contributed by atoms with Crippen LogP contribution in [0.15, 0.2) is 42.5 Å². The molecule has 0 aliphatic carbocycles. The third kappa shape index (κ3) is 3.65. The van der Waals surface area contributed by atoms with Gasteiger partial charge in [0.15, 0.2) is 0 Å². The molecule has 0 unspecified atom stereocenters. The van der Waals surface area contributed by atoms with Gasteiger partial charge in [0.1, 0.15) is 11.4 Å². The van der Waals surface area contributed by atoms with Crippen LogP contribution in [0.4, 0.5) is 9.18 Å². The van der Waals surface area contributed by atoms with Crippen LogP contribution >= 0.6 is 11.6 Å². The Bertz CT molecular complexity index is 1040. The van der Waals surface area contributed by atoms with Gasteiger partial charge in [-0.15, -0.1) is 0 Å². The molecule has 0 saturated carbocycles. The van der Waals surface area contributed by atoms with Gasteiger partial charge in [-0.2, -0.15) is 0 Å². The first-order chi connectivity index (χ1) is 14.3. The van der Waals surface area contributed by atoms with Gasteiger partial charge in [0.2, 0.25) is 0 Å². The number of carbonyl (C=O) groups is 3. The molecule has 0 radical (unpaired) electrons. The molecule has 0 bridgehead atoms. The number of amides is 4. The quantitative estimate of drug-likeness (QED) is 0.759. The number of imide groups is 1. The molecule has 1 spiro atoms. The normalized spacial score (nSPS) is 21.3. The molecule has 2 aliphatic rings. The second-order valence-corrected chi connectivity index (χ2v) is 8.26.